The lowest BCUT2D eigenvalue weighted by molar-refractivity contribution is 0.0785. The number of hydrogen-bond acceptors (Lipinski definition) is 4. The van der Waals surface area contributed by atoms with Gasteiger partial charge in [-0.1, -0.05) is 42.5 Å². The molecule has 0 saturated heterocycles. The molecule has 1 aromatic heterocycles. The second-order valence-electron chi connectivity index (χ2n) is 6.53. The number of hydrogen-bond donors (Lipinski definition) is 1. The molecule has 0 saturated carbocycles. The van der Waals surface area contributed by atoms with E-state index in [2.05, 4.69) is 4.72 Å². The van der Waals surface area contributed by atoms with Gasteiger partial charge in [0.05, 0.1) is 11.4 Å². The van der Waals surface area contributed by atoms with Crippen molar-refractivity contribution in [3.8, 4) is 0 Å². The maximum atomic E-state index is 12.9. The Balaban J connectivity index is 1.79. The summed E-state index contributed by atoms with van der Waals surface area (Å²) in [5, 5.41) is 1.96. The van der Waals surface area contributed by atoms with Gasteiger partial charge in [0, 0.05) is 24.0 Å². The highest BCUT2D eigenvalue weighted by atomic mass is 32.2. The van der Waals surface area contributed by atoms with Gasteiger partial charge in [0.2, 0.25) is 10.0 Å². The molecule has 1 amide bonds. The van der Waals surface area contributed by atoms with E-state index < -0.39 is 10.0 Å². The first-order chi connectivity index (χ1) is 13.4. The van der Waals surface area contributed by atoms with Crippen molar-refractivity contribution in [2.45, 2.75) is 24.9 Å². The Morgan fingerprint density at radius 3 is 2.50 bits per heavy atom. The van der Waals surface area contributed by atoms with Crippen LogP contribution in [0.3, 0.4) is 0 Å². The van der Waals surface area contributed by atoms with Gasteiger partial charge in [0.1, 0.15) is 0 Å². The summed E-state index contributed by atoms with van der Waals surface area (Å²) in [7, 11) is -2.01. The van der Waals surface area contributed by atoms with E-state index in [9.17, 15) is 13.2 Å². The average molecular weight is 415 g/mol. The number of rotatable bonds is 7. The highest BCUT2D eigenvalue weighted by Crippen LogP contribution is 2.19. The van der Waals surface area contributed by atoms with Crippen molar-refractivity contribution >= 4 is 27.3 Å². The second kappa shape index (κ2) is 8.68. The van der Waals surface area contributed by atoms with Gasteiger partial charge in [-0.2, -0.15) is 0 Å². The fourth-order valence-corrected chi connectivity index (χ4v) is 4.57. The number of benzene rings is 2. The van der Waals surface area contributed by atoms with Crippen LogP contribution >= 0.6 is 11.3 Å². The summed E-state index contributed by atoms with van der Waals surface area (Å²) in [6.07, 6.45) is 0. The van der Waals surface area contributed by atoms with Gasteiger partial charge in [-0.3, -0.25) is 4.79 Å². The molecule has 0 unspecified atom stereocenters. The van der Waals surface area contributed by atoms with Crippen molar-refractivity contribution < 1.29 is 13.2 Å². The molecular formula is C21H22N2O3S2. The van der Waals surface area contributed by atoms with Crippen molar-refractivity contribution in [1.29, 1.82) is 0 Å². The van der Waals surface area contributed by atoms with E-state index in [0.717, 1.165) is 16.0 Å². The van der Waals surface area contributed by atoms with Crippen molar-refractivity contribution in [3.63, 3.8) is 0 Å². The fourth-order valence-electron chi connectivity index (χ4n) is 2.77. The average Bonchev–Trinajstić information content (AvgIpc) is 3.20. The first kappa shape index (κ1) is 20.3. The van der Waals surface area contributed by atoms with E-state index >= 15 is 0 Å². The van der Waals surface area contributed by atoms with E-state index in [-0.39, 0.29) is 17.3 Å². The maximum Gasteiger partial charge on any atom is 0.254 e. The van der Waals surface area contributed by atoms with E-state index in [4.69, 9.17) is 0 Å². The zero-order valence-corrected chi connectivity index (χ0v) is 17.4. The zero-order valence-electron chi connectivity index (χ0n) is 15.8. The SMILES string of the molecule is Cc1ccc(S(=O)(=O)NCc2ccccc2)cc1C(=O)N(C)Cc1cccs1. The van der Waals surface area contributed by atoms with E-state index in [0.29, 0.717) is 12.1 Å². The molecule has 0 atom stereocenters. The first-order valence-corrected chi connectivity index (χ1v) is 11.2. The smallest absolute Gasteiger partial charge is 0.254 e. The van der Waals surface area contributed by atoms with Crippen molar-refractivity contribution in [2.75, 3.05) is 7.05 Å². The molecule has 0 bridgehead atoms. The molecule has 0 aliphatic carbocycles. The van der Waals surface area contributed by atoms with Gasteiger partial charge in [0.15, 0.2) is 0 Å². The van der Waals surface area contributed by atoms with Gasteiger partial charge in [-0.05, 0) is 41.6 Å². The number of nitrogens with zero attached hydrogens (tertiary/aromatic N) is 1. The monoisotopic (exact) mass is 414 g/mol. The second-order valence-corrected chi connectivity index (χ2v) is 9.33. The van der Waals surface area contributed by atoms with Gasteiger partial charge in [0.25, 0.3) is 5.91 Å². The van der Waals surface area contributed by atoms with Crippen molar-refractivity contribution in [1.82, 2.24) is 9.62 Å². The summed E-state index contributed by atoms with van der Waals surface area (Å²) < 4.78 is 28.0. The number of carbonyl (C=O) groups is 1. The lowest BCUT2D eigenvalue weighted by Crippen LogP contribution is -2.27. The molecule has 3 rings (SSSR count). The van der Waals surface area contributed by atoms with E-state index in [1.165, 1.54) is 12.1 Å². The summed E-state index contributed by atoms with van der Waals surface area (Å²) in [5.41, 5.74) is 2.00. The molecule has 0 aliphatic heterocycles. The van der Waals surface area contributed by atoms with Crippen LogP contribution in [0.4, 0.5) is 0 Å². The summed E-state index contributed by atoms with van der Waals surface area (Å²) in [6, 6.07) is 17.9. The van der Waals surface area contributed by atoms with Gasteiger partial charge >= 0.3 is 0 Å². The molecule has 146 valence electrons. The van der Waals surface area contributed by atoms with Crippen LogP contribution in [0.5, 0.6) is 0 Å². The molecule has 7 heteroatoms. The number of sulfonamides is 1. The third kappa shape index (κ3) is 4.86. The Hall–Kier alpha value is -2.48. The van der Waals surface area contributed by atoms with Crippen LogP contribution < -0.4 is 4.72 Å². The molecule has 1 heterocycles. The van der Waals surface area contributed by atoms with Crippen LogP contribution in [-0.4, -0.2) is 26.3 Å². The van der Waals surface area contributed by atoms with E-state index in [1.807, 2.05) is 47.8 Å². The minimum absolute atomic E-state index is 0.0851. The Labute approximate surface area is 169 Å². The zero-order chi connectivity index (χ0) is 20.1. The summed E-state index contributed by atoms with van der Waals surface area (Å²) >= 11 is 1.58. The summed E-state index contributed by atoms with van der Waals surface area (Å²) in [5.74, 6) is -0.203. The normalized spacial score (nSPS) is 11.4. The molecule has 0 aliphatic rings. The van der Waals surface area contributed by atoms with Gasteiger partial charge < -0.3 is 4.90 Å². The lowest BCUT2D eigenvalue weighted by Gasteiger charge is -2.18. The quantitative estimate of drug-likeness (QED) is 0.639. The van der Waals surface area contributed by atoms with Crippen LogP contribution in [-0.2, 0) is 23.1 Å². The summed E-state index contributed by atoms with van der Waals surface area (Å²) in [6.45, 7) is 2.48. The largest absolute Gasteiger partial charge is 0.337 e. The third-order valence-corrected chi connectivity index (χ3v) is 6.64. The first-order valence-electron chi connectivity index (χ1n) is 8.79. The molecule has 0 spiro atoms. The molecular weight excluding hydrogens is 392 g/mol. The van der Waals surface area contributed by atoms with Crippen LogP contribution in [0.15, 0.2) is 70.9 Å². The number of nitrogens with one attached hydrogen (secondary N) is 1. The third-order valence-electron chi connectivity index (χ3n) is 4.38. The summed E-state index contributed by atoms with van der Waals surface area (Å²) in [4.78, 5) is 15.6. The highest BCUT2D eigenvalue weighted by molar-refractivity contribution is 7.89. The van der Waals surface area contributed by atoms with E-state index in [1.54, 1.807) is 36.3 Å². The highest BCUT2D eigenvalue weighted by Gasteiger charge is 2.20. The topological polar surface area (TPSA) is 66.5 Å². The van der Waals surface area contributed by atoms with Crippen LogP contribution in [0.1, 0.15) is 26.4 Å². The van der Waals surface area contributed by atoms with Crippen molar-refractivity contribution in [2.24, 2.45) is 0 Å². The lowest BCUT2D eigenvalue weighted by atomic mass is 10.1. The Morgan fingerprint density at radius 2 is 1.82 bits per heavy atom. The molecule has 5 nitrogen and oxygen atoms in total. The standard InChI is InChI=1S/C21H22N2O3S2/c1-16-10-11-19(28(25,26)22-14-17-7-4-3-5-8-17)13-20(16)21(24)23(2)15-18-9-6-12-27-18/h3-13,22H,14-15H2,1-2H3. The van der Waals surface area contributed by atoms with Gasteiger partial charge in [-0.15, -0.1) is 11.3 Å². The molecule has 1 N–H and O–H groups in total. The Bertz CT molecular complexity index is 1050. The molecule has 2 aromatic carbocycles. The van der Waals surface area contributed by atoms with Gasteiger partial charge in [-0.25, -0.2) is 13.1 Å². The number of carbonyl (C=O) groups excluding carboxylic acids is 1. The molecule has 28 heavy (non-hydrogen) atoms. The predicted octanol–water partition coefficient (Wildman–Crippen LogP) is 3.81. The number of amides is 1. The fraction of sp³-hybridized carbons (Fsp3) is 0.190. The minimum atomic E-state index is -3.73. The number of thiophene rings is 1. The predicted molar refractivity (Wildman–Crippen MR) is 112 cm³/mol. The Morgan fingerprint density at radius 1 is 1.07 bits per heavy atom. The van der Waals surface area contributed by atoms with Crippen LogP contribution in [0.2, 0.25) is 0 Å². The maximum absolute atomic E-state index is 12.9. The van der Waals surface area contributed by atoms with Crippen LogP contribution in [0, 0.1) is 6.92 Å². The number of aryl methyl sites for hydroxylation is 1. The molecule has 0 fully saturated rings. The van der Waals surface area contributed by atoms with Crippen LogP contribution in [0.25, 0.3) is 0 Å². The van der Waals surface area contributed by atoms with Crippen molar-refractivity contribution in [3.05, 3.63) is 87.6 Å². The Kier molecular flexibility index (Phi) is 6.28. The molecule has 0 radical (unpaired) electrons. The minimum Gasteiger partial charge on any atom is -0.337 e. The molecule has 3 aromatic rings.